The van der Waals surface area contributed by atoms with E-state index < -0.39 is 0 Å². The van der Waals surface area contributed by atoms with Gasteiger partial charge in [-0.05, 0) is 19.1 Å². The Balaban J connectivity index is 2.16. The number of hydrogen-bond donors (Lipinski definition) is 2. The molecule has 0 saturated carbocycles. The monoisotopic (exact) mass is 318 g/mol. The molecule has 2 N–H and O–H groups in total. The third-order valence-corrected chi connectivity index (χ3v) is 3.11. The van der Waals surface area contributed by atoms with Crippen LogP contribution in [0.5, 0.6) is 11.5 Å². The Hall–Kier alpha value is -2.54. The van der Waals surface area contributed by atoms with Crippen LogP contribution >= 0.6 is 0 Å². The molecule has 2 aromatic rings. The summed E-state index contributed by atoms with van der Waals surface area (Å²) in [4.78, 5) is 8.83. The first-order valence-corrected chi connectivity index (χ1v) is 7.24. The second kappa shape index (κ2) is 8.19. The topological polar surface area (TPSA) is 77.5 Å². The lowest BCUT2D eigenvalue weighted by atomic mass is 10.3. The Morgan fingerprint density at radius 1 is 1.00 bits per heavy atom. The molecule has 1 aromatic heterocycles. The van der Waals surface area contributed by atoms with Gasteiger partial charge in [0.1, 0.15) is 5.82 Å². The highest BCUT2D eigenvalue weighted by atomic mass is 16.5. The lowest BCUT2D eigenvalue weighted by molar-refractivity contribution is 0.210. The minimum Gasteiger partial charge on any atom is -0.493 e. The van der Waals surface area contributed by atoms with Crippen LogP contribution in [0.25, 0.3) is 0 Å². The van der Waals surface area contributed by atoms with Gasteiger partial charge in [-0.2, -0.15) is 4.98 Å². The van der Waals surface area contributed by atoms with Crippen molar-refractivity contribution in [3.63, 3.8) is 0 Å². The fourth-order valence-electron chi connectivity index (χ4n) is 2.04. The molecule has 7 heteroatoms. The van der Waals surface area contributed by atoms with E-state index in [1.165, 1.54) is 0 Å². The van der Waals surface area contributed by atoms with Crippen LogP contribution in [0.15, 0.2) is 24.3 Å². The highest BCUT2D eigenvalue weighted by molar-refractivity contribution is 5.60. The first-order valence-electron chi connectivity index (χ1n) is 7.24. The third-order valence-electron chi connectivity index (χ3n) is 3.11. The van der Waals surface area contributed by atoms with Crippen molar-refractivity contribution in [2.45, 2.75) is 6.92 Å². The molecule has 0 amide bonds. The van der Waals surface area contributed by atoms with Crippen molar-refractivity contribution < 1.29 is 14.2 Å². The number of benzene rings is 1. The number of methoxy groups -OCH3 is 3. The number of aromatic nitrogens is 2. The Labute approximate surface area is 136 Å². The Kier molecular flexibility index (Phi) is 5.99. The molecule has 7 nitrogen and oxygen atoms in total. The van der Waals surface area contributed by atoms with Crippen molar-refractivity contribution in [2.75, 3.05) is 45.1 Å². The van der Waals surface area contributed by atoms with Gasteiger partial charge in [-0.1, -0.05) is 0 Å². The van der Waals surface area contributed by atoms with Crippen LogP contribution in [-0.2, 0) is 4.74 Å². The molecule has 0 saturated heterocycles. The summed E-state index contributed by atoms with van der Waals surface area (Å²) in [6, 6.07) is 7.43. The smallest absolute Gasteiger partial charge is 0.229 e. The van der Waals surface area contributed by atoms with Crippen molar-refractivity contribution in [3.8, 4) is 11.5 Å². The van der Waals surface area contributed by atoms with Crippen LogP contribution in [0.4, 0.5) is 17.5 Å². The normalized spacial score (nSPS) is 10.3. The van der Waals surface area contributed by atoms with E-state index in [-0.39, 0.29) is 0 Å². The molecule has 23 heavy (non-hydrogen) atoms. The summed E-state index contributed by atoms with van der Waals surface area (Å²) in [6.07, 6.45) is 0. The van der Waals surface area contributed by atoms with Gasteiger partial charge in [0.2, 0.25) is 5.95 Å². The molecule has 0 fully saturated rings. The van der Waals surface area contributed by atoms with Crippen LogP contribution < -0.4 is 20.1 Å². The quantitative estimate of drug-likeness (QED) is 0.724. The Morgan fingerprint density at radius 3 is 2.48 bits per heavy atom. The molecule has 0 unspecified atom stereocenters. The van der Waals surface area contributed by atoms with Crippen LogP contribution in [-0.4, -0.2) is 44.4 Å². The van der Waals surface area contributed by atoms with Gasteiger partial charge in [-0.3, -0.25) is 0 Å². The zero-order chi connectivity index (χ0) is 16.7. The minimum atomic E-state index is 0.511. The van der Waals surface area contributed by atoms with E-state index in [0.717, 1.165) is 17.2 Å². The SMILES string of the molecule is COCCNc1cc(C)nc(Nc2ccc(OC)c(OC)c2)n1. The van der Waals surface area contributed by atoms with Gasteiger partial charge >= 0.3 is 0 Å². The van der Waals surface area contributed by atoms with E-state index in [4.69, 9.17) is 14.2 Å². The molecule has 0 aliphatic rings. The van der Waals surface area contributed by atoms with E-state index >= 15 is 0 Å². The lowest BCUT2D eigenvalue weighted by Crippen LogP contribution is -2.10. The molecule has 0 spiro atoms. The molecule has 0 aliphatic heterocycles. The zero-order valence-electron chi connectivity index (χ0n) is 13.8. The highest BCUT2D eigenvalue weighted by Crippen LogP contribution is 2.30. The van der Waals surface area contributed by atoms with Gasteiger partial charge in [-0.15, -0.1) is 0 Å². The molecular weight excluding hydrogens is 296 g/mol. The van der Waals surface area contributed by atoms with Crippen LogP contribution in [0.3, 0.4) is 0 Å². The summed E-state index contributed by atoms with van der Waals surface area (Å²) in [5.74, 6) is 2.57. The summed E-state index contributed by atoms with van der Waals surface area (Å²) in [5.41, 5.74) is 1.68. The highest BCUT2D eigenvalue weighted by Gasteiger charge is 2.07. The maximum absolute atomic E-state index is 5.30. The number of nitrogens with one attached hydrogen (secondary N) is 2. The van der Waals surface area contributed by atoms with Gasteiger partial charge < -0.3 is 24.8 Å². The van der Waals surface area contributed by atoms with Gasteiger partial charge in [0, 0.05) is 37.2 Å². The predicted octanol–water partition coefficient (Wildman–Crippen LogP) is 2.60. The van der Waals surface area contributed by atoms with Gasteiger partial charge in [0.25, 0.3) is 0 Å². The zero-order valence-corrected chi connectivity index (χ0v) is 13.8. The van der Waals surface area contributed by atoms with E-state index in [9.17, 15) is 0 Å². The van der Waals surface area contributed by atoms with Crippen molar-refractivity contribution in [1.82, 2.24) is 9.97 Å². The molecule has 2 rings (SSSR count). The first-order chi connectivity index (χ1) is 11.2. The molecule has 0 radical (unpaired) electrons. The van der Waals surface area contributed by atoms with Crippen molar-refractivity contribution in [1.29, 1.82) is 0 Å². The third kappa shape index (κ3) is 4.72. The fourth-order valence-corrected chi connectivity index (χ4v) is 2.04. The van der Waals surface area contributed by atoms with E-state index in [2.05, 4.69) is 20.6 Å². The fraction of sp³-hybridized carbons (Fsp3) is 0.375. The second-order valence-electron chi connectivity index (χ2n) is 4.83. The molecule has 124 valence electrons. The second-order valence-corrected chi connectivity index (χ2v) is 4.83. The minimum absolute atomic E-state index is 0.511. The largest absolute Gasteiger partial charge is 0.493 e. The first kappa shape index (κ1) is 16.8. The Morgan fingerprint density at radius 2 is 1.78 bits per heavy atom. The summed E-state index contributed by atoms with van der Waals surface area (Å²) in [7, 11) is 4.87. The number of aryl methyl sites for hydroxylation is 1. The summed E-state index contributed by atoms with van der Waals surface area (Å²) >= 11 is 0. The number of anilines is 3. The van der Waals surface area contributed by atoms with Crippen molar-refractivity contribution >= 4 is 17.5 Å². The molecule has 0 atom stereocenters. The van der Waals surface area contributed by atoms with E-state index in [1.54, 1.807) is 21.3 Å². The van der Waals surface area contributed by atoms with Crippen molar-refractivity contribution in [3.05, 3.63) is 30.0 Å². The molecule has 0 aliphatic carbocycles. The molecule has 0 bridgehead atoms. The summed E-state index contributed by atoms with van der Waals surface area (Å²) in [5, 5.41) is 6.37. The van der Waals surface area contributed by atoms with E-state index in [1.807, 2.05) is 31.2 Å². The average Bonchev–Trinajstić information content (AvgIpc) is 2.54. The number of rotatable bonds is 8. The van der Waals surface area contributed by atoms with Gasteiger partial charge in [0.15, 0.2) is 11.5 Å². The summed E-state index contributed by atoms with van der Waals surface area (Å²) < 4.78 is 15.5. The molecular formula is C16H22N4O3. The van der Waals surface area contributed by atoms with Gasteiger partial charge in [0.05, 0.1) is 20.8 Å². The summed E-state index contributed by atoms with van der Waals surface area (Å²) in [6.45, 7) is 3.22. The maximum atomic E-state index is 5.30. The average molecular weight is 318 g/mol. The van der Waals surface area contributed by atoms with Gasteiger partial charge in [-0.25, -0.2) is 4.98 Å². The van der Waals surface area contributed by atoms with Crippen LogP contribution in [0.1, 0.15) is 5.69 Å². The van der Waals surface area contributed by atoms with Crippen LogP contribution in [0.2, 0.25) is 0 Å². The number of hydrogen-bond acceptors (Lipinski definition) is 7. The Bertz CT molecular complexity index is 649. The van der Waals surface area contributed by atoms with Crippen LogP contribution in [0, 0.1) is 6.92 Å². The molecule has 1 aromatic carbocycles. The van der Waals surface area contributed by atoms with Crippen molar-refractivity contribution in [2.24, 2.45) is 0 Å². The predicted molar refractivity (Wildman–Crippen MR) is 90.0 cm³/mol. The standard InChI is InChI=1S/C16H22N4O3/c1-11-9-15(17-7-8-21-2)20-16(18-11)19-12-5-6-13(22-3)14(10-12)23-4/h5-6,9-10H,7-8H2,1-4H3,(H2,17,18,19,20). The number of ether oxygens (including phenoxy) is 3. The lowest BCUT2D eigenvalue weighted by Gasteiger charge is -2.12. The molecule has 1 heterocycles. The maximum Gasteiger partial charge on any atom is 0.229 e. The van der Waals surface area contributed by atoms with E-state index in [0.29, 0.717) is 30.6 Å². The number of nitrogens with zero attached hydrogens (tertiary/aromatic N) is 2.